The summed E-state index contributed by atoms with van der Waals surface area (Å²) in [6.45, 7) is 7.33. The summed E-state index contributed by atoms with van der Waals surface area (Å²) in [4.78, 5) is 23.1. The Morgan fingerprint density at radius 2 is 2.00 bits per heavy atom. The van der Waals surface area contributed by atoms with Crippen molar-refractivity contribution in [3.63, 3.8) is 0 Å². The van der Waals surface area contributed by atoms with Crippen LogP contribution < -0.4 is 0 Å². The second-order valence-electron chi connectivity index (χ2n) is 6.37. The molecule has 1 aromatic carbocycles. The summed E-state index contributed by atoms with van der Waals surface area (Å²) in [5, 5.41) is 0. The van der Waals surface area contributed by atoms with Gasteiger partial charge in [0.15, 0.2) is 0 Å². The molecule has 0 saturated carbocycles. The Morgan fingerprint density at radius 1 is 1.22 bits per heavy atom. The van der Waals surface area contributed by atoms with E-state index in [4.69, 9.17) is 4.98 Å². The molecule has 1 aromatic heterocycles. The van der Waals surface area contributed by atoms with Crippen LogP contribution in [0.1, 0.15) is 42.8 Å². The average molecular weight is 309 g/mol. The third-order valence-electron chi connectivity index (χ3n) is 4.52. The summed E-state index contributed by atoms with van der Waals surface area (Å²) in [7, 11) is 0. The van der Waals surface area contributed by atoms with E-state index < -0.39 is 0 Å². The predicted octanol–water partition coefficient (Wildman–Crippen LogP) is 3.49. The van der Waals surface area contributed by atoms with E-state index >= 15 is 0 Å². The molecule has 1 aliphatic rings. The number of carbonyl (C=O) groups is 1. The standard InChI is InChI=1S/C19H23N3O/c1-13-7-4-5-9-17(13)18-11-14(2)20-19(21-18)16-8-6-10-22(12-16)15(3)23/h4-5,7,9,11,16H,6,8,10,12H2,1-3H3. The first kappa shape index (κ1) is 15.7. The molecule has 0 spiro atoms. The molecule has 2 heterocycles. The highest BCUT2D eigenvalue weighted by Gasteiger charge is 2.25. The fraction of sp³-hybridized carbons (Fsp3) is 0.421. The largest absolute Gasteiger partial charge is 0.342 e. The number of aromatic nitrogens is 2. The zero-order valence-electron chi connectivity index (χ0n) is 14.0. The predicted molar refractivity (Wildman–Crippen MR) is 91.2 cm³/mol. The molecule has 0 aliphatic carbocycles. The van der Waals surface area contributed by atoms with E-state index in [1.165, 1.54) is 5.56 Å². The molecular weight excluding hydrogens is 286 g/mol. The summed E-state index contributed by atoms with van der Waals surface area (Å²) < 4.78 is 0. The molecule has 2 aromatic rings. The van der Waals surface area contributed by atoms with Crippen LogP contribution in [-0.2, 0) is 4.79 Å². The number of piperidine rings is 1. The van der Waals surface area contributed by atoms with Gasteiger partial charge in [-0.1, -0.05) is 24.3 Å². The van der Waals surface area contributed by atoms with Crippen molar-refractivity contribution >= 4 is 5.91 Å². The number of likely N-dealkylation sites (tertiary alicyclic amines) is 1. The van der Waals surface area contributed by atoms with Crippen LogP contribution in [0.3, 0.4) is 0 Å². The molecule has 0 radical (unpaired) electrons. The second-order valence-corrected chi connectivity index (χ2v) is 6.37. The van der Waals surface area contributed by atoms with E-state index in [0.717, 1.165) is 48.7 Å². The van der Waals surface area contributed by atoms with Gasteiger partial charge in [-0.25, -0.2) is 9.97 Å². The van der Waals surface area contributed by atoms with Crippen molar-refractivity contribution in [3.05, 3.63) is 47.4 Å². The molecule has 3 rings (SSSR count). The van der Waals surface area contributed by atoms with Crippen LogP contribution in [0.15, 0.2) is 30.3 Å². The lowest BCUT2D eigenvalue weighted by atomic mass is 9.96. The maximum Gasteiger partial charge on any atom is 0.219 e. The Morgan fingerprint density at radius 3 is 2.74 bits per heavy atom. The quantitative estimate of drug-likeness (QED) is 0.853. The molecule has 0 N–H and O–H groups in total. The molecule has 1 atom stereocenters. The van der Waals surface area contributed by atoms with Crippen LogP contribution in [-0.4, -0.2) is 33.9 Å². The van der Waals surface area contributed by atoms with Crippen LogP contribution in [0.5, 0.6) is 0 Å². The molecule has 1 unspecified atom stereocenters. The van der Waals surface area contributed by atoms with Crippen LogP contribution in [0, 0.1) is 13.8 Å². The minimum Gasteiger partial charge on any atom is -0.342 e. The Kier molecular flexibility index (Phi) is 4.42. The van der Waals surface area contributed by atoms with E-state index in [1.807, 2.05) is 30.0 Å². The minimum atomic E-state index is 0.140. The van der Waals surface area contributed by atoms with Gasteiger partial charge in [0.1, 0.15) is 5.82 Å². The lowest BCUT2D eigenvalue weighted by molar-refractivity contribution is -0.130. The van der Waals surface area contributed by atoms with E-state index in [-0.39, 0.29) is 11.8 Å². The van der Waals surface area contributed by atoms with Crippen molar-refractivity contribution in [2.24, 2.45) is 0 Å². The average Bonchev–Trinajstić information content (AvgIpc) is 2.55. The van der Waals surface area contributed by atoms with Crippen LogP contribution in [0.4, 0.5) is 0 Å². The van der Waals surface area contributed by atoms with Gasteiger partial charge in [-0.2, -0.15) is 0 Å². The van der Waals surface area contributed by atoms with Crippen molar-refractivity contribution in [1.82, 2.24) is 14.9 Å². The number of rotatable bonds is 2. The maximum absolute atomic E-state index is 11.7. The van der Waals surface area contributed by atoms with E-state index in [2.05, 4.69) is 24.0 Å². The van der Waals surface area contributed by atoms with Gasteiger partial charge in [0, 0.05) is 37.2 Å². The van der Waals surface area contributed by atoms with E-state index in [1.54, 1.807) is 6.92 Å². The van der Waals surface area contributed by atoms with Gasteiger partial charge in [-0.3, -0.25) is 4.79 Å². The summed E-state index contributed by atoms with van der Waals surface area (Å²) in [5.41, 5.74) is 4.32. The molecule has 1 saturated heterocycles. The smallest absolute Gasteiger partial charge is 0.219 e. The third kappa shape index (κ3) is 3.41. The fourth-order valence-corrected chi connectivity index (χ4v) is 3.25. The van der Waals surface area contributed by atoms with Gasteiger partial charge in [0.05, 0.1) is 5.69 Å². The first-order chi connectivity index (χ1) is 11.0. The molecule has 120 valence electrons. The molecule has 1 aliphatic heterocycles. The van der Waals surface area contributed by atoms with Gasteiger partial charge in [0.25, 0.3) is 0 Å². The monoisotopic (exact) mass is 309 g/mol. The van der Waals surface area contributed by atoms with Gasteiger partial charge >= 0.3 is 0 Å². The molecule has 0 bridgehead atoms. The zero-order valence-corrected chi connectivity index (χ0v) is 14.0. The van der Waals surface area contributed by atoms with Gasteiger partial charge in [0.2, 0.25) is 5.91 Å². The molecule has 4 nitrogen and oxygen atoms in total. The highest BCUT2D eigenvalue weighted by atomic mass is 16.2. The summed E-state index contributed by atoms with van der Waals surface area (Å²) in [6, 6.07) is 10.3. The zero-order chi connectivity index (χ0) is 16.4. The molecule has 1 fully saturated rings. The Balaban J connectivity index is 1.95. The van der Waals surface area contributed by atoms with Crippen molar-refractivity contribution in [3.8, 4) is 11.3 Å². The highest BCUT2D eigenvalue weighted by molar-refractivity contribution is 5.73. The Labute approximate surface area is 137 Å². The van der Waals surface area contributed by atoms with Crippen molar-refractivity contribution in [1.29, 1.82) is 0 Å². The third-order valence-corrected chi connectivity index (χ3v) is 4.52. The maximum atomic E-state index is 11.7. The number of aryl methyl sites for hydroxylation is 2. The van der Waals surface area contributed by atoms with E-state index in [0.29, 0.717) is 0 Å². The van der Waals surface area contributed by atoms with Crippen molar-refractivity contribution < 1.29 is 4.79 Å². The fourth-order valence-electron chi connectivity index (χ4n) is 3.25. The van der Waals surface area contributed by atoms with Crippen LogP contribution in [0.2, 0.25) is 0 Å². The lowest BCUT2D eigenvalue weighted by Gasteiger charge is -2.31. The summed E-state index contributed by atoms with van der Waals surface area (Å²) >= 11 is 0. The SMILES string of the molecule is CC(=O)N1CCCC(c2nc(C)cc(-c3ccccc3C)n2)C1. The number of nitrogens with zero attached hydrogens (tertiary/aromatic N) is 3. The van der Waals surface area contributed by atoms with Crippen LogP contribution >= 0.6 is 0 Å². The summed E-state index contributed by atoms with van der Waals surface area (Å²) in [6.07, 6.45) is 2.06. The Bertz CT molecular complexity index is 726. The first-order valence-electron chi connectivity index (χ1n) is 8.21. The summed E-state index contributed by atoms with van der Waals surface area (Å²) in [5.74, 6) is 1.24. The van der Waals surface area contributed by atoms with Crippen molar-refractivity contribution in [2.75, 3.05) is 13.1 Å². The number of hydrogen-bond acceptors (Lipinski definition) is 3. The molecule has 1 amide bonds. The van der Waals surface area contributed by atoms with Gasteiger partial charge in [-0.15, -0.1) is 0 Å². The topological polar surface area (TPSA) is 46.1 Å². The lowest BCUT2D eigenvalue weighted by Crippen LogP contribution is -2.38. The van der Waals surface area contributed by atoms with E-state index in [9.17, 15) is 4.79 Å². The molecule has 23 heavy (non-hydrogen) atoms. The van der Waals surface area contributed by atoms with Gasteiger partial charge < -0.3 is 4.90 Å². The number of benzene rings is 1. The Hall–Kier alpha value is -2.23. The number of carbonyl (C=O) groups excluding carboxylic acids is 1. The normalized spacial score (nSPS) is 18.0. The van der Waals surface area contributed by atoms with Crippen LogP contribution in [0.25, 0.3) is 11.3 Å². The number of amides is 1. The second kappa shape index (κ2) is 6.49. The minimum absolute atomic E-state index is 0.140. The number of hydrogen-bond donors (Lipinski definition) is 0. The first-order valence-corrected chi connectivity index (χ1v) is 8.21. The molecule has 4 heteroatoms. The molecular formula is C19H23N3O. The highest BCUT2D eigenvalue weighted by Crippen LogP contribution is 2.28. The van der Waals surface area contributed by atoms with Crippen molar-refractivity contribution in [2.45, 2.75) is 39.5 Å². The van der Waals surface area contributed by atoms with Gasteiger partial charge in [-0.05, 0) is 38.3 Å².